The van der Waals surface area contributed by atoms with Crippen molar-refractivity contribution >= 4 is 17.4 Å². The van der Waals surface area contributed by atoms with Gasteiger partial charge < -0.3 is 10.2 Å². The Hall–Kier alpha value is -1.88. The number of urea groups is 1. The number of nitrogens with one attached hydrogen (secondary N) is 1. The van der Waals surface area contributed by atoms with Crippen molar-refractivity contribution in [2.45, 2.75) is 26.9 Å². The van der Waals surface area contributed by atoms with Gasteiger partial charge in [0.05, 0.1) is 17.2 Å². The summed E-state index contributed by atoms with van der Waals surface area (Å²) in [6.07, 6.45) is 0. The molecule has 5 heteroatoms. The van der Waals surface area contributed by atoms with Crippen LogP contribution in [-0.4, -0.2) is 23.0 Å². The Kier molecular flexibility index (Phi) is 4.74. The van der Waals surface area contributed by atoms with E-state index in [-0.39, 0.29) is 6.03 Å². The molecular weight excluding hydrogens is 270 g/mol. The van der Waals surface area contributed by atoms with Crippen LogP contribution in [0.1, 0.15) is 21.8 Å². The van der Waals surface area contributed by atoms with Gasteiger partial charge in [-0.1, -0.05) is 24.3 Å². The van der Waals surface area contributed by atoms with E-state index in [0.29, 0.717) is 13.1 Å². The second kappa shape index (κ2) is 6.52. The minimum Gasteiger partial charge on any atom is -0.334 e. The number of carbonyl (C=O) groups is 1. The number of hydrogen-bond acceptors (Lipinski definition) is 3. The Bertz CT molecular complexity index is 594. The van der Waals surface area contributed by atoms with Gasteiger partial charge in [-0.2, -0.15) is 0 Å². The molecule has 106 valence electrons. The molecule has 4 nitrogen and oxygen atoms in total. The minimum atomic E-state index is -0.0843. The molecule has 1 aromatic carbocycles. The maximum absolute atomic E-state index is 12.0. The summed E-state index contributed by atoms with van der Waals surface area (Å²) in [5.74, 6) is 0. The number of benzene rings is 1. The Morgan fingerprint density at radius 1 is 1.35 bits per heavy atom. The van der Waals surface area contributed by atoms with Gasteiger partial charge >= 0.3 is 6.03 Å². The van der Waals surface area contributed by atoms with E-state index < -0.39 is 0 Å². The molecule has 0 fully saturated rings. The van der Waals surface area contributed by atoms with E-state index in [2.05, 4.69) is 10.3 Å². The van der Waals surface area contributed by atoms with Crippen LogP contribution in [-0.2, 0) is 13.1 Å². The molecule has 0 bridgehead atoms. The first-order valence-corrected chi connectivity index (χ1v) is 7.38. The molecule has 0 aliphatic carbocycles. The molecule has 2 amide bonds. The molecule has 20 heavy (non-hydrogen) atoms. The number of thiazole rings is 1. The normalized spacial score (nSPS) is 10.3. The van der Waals surface area contributed by atoms with Crippen molar-refractivity contribution in [3.63, 3.8) is 0 Å². The van der Waals surface area contributed by atoms with Crippen LogP contribution in [0.2, 0.25) is 0 Å². The van der Waals surface area contributed by atoms with Crippen LogP contribution in [0.3, 0.4) is 0 Å². The summed E-state index contributed by atoms with van der Waals surface area (Å²) in [6, 6.07) is 7.97. The first kappa shape index (κ1) is 14.5. The average Bonchev–Trinajstić information content (AvgIpc) is 2.82. The summed E-state index contributed by atoms with van der Waals surface area (Å²) in [7, 11) is 1.78. The SMILES string of the molecule is Cc1nc(CN(C)C(=O)NCc2ccccc2C)cs1. The Labute approximate surface area is 123 Å². The van der Waals surface area contributed by atoms with Crippen LogP contribution in [0.4, 0.5) is 4.79 Å². The second-order valence-electron chi connectivity index (χ2n) is 4.80. The summed E-state index contributed by atoms with van der Waals surface area (Å²) in [6.45, 7) is 5.09. The zero-order valence-electron chi connectivity index (χ0n) is 12.0. The molecule has 1 N–H and O–H groups in total. The molecule has 0 radical (unpaired) electrons. The van der Waals surface area contributed by atoms with Gasteiger partial charge in [0, 0.05) is 19.0 Å². The van der Waals surface area contributed by atoms with Crippen molar-refractivity contribution in [2.75, 3.05) is 7.05 Å². The van der Waals surface area contributed by atoms with E-state index >= 15 is 0 Å². The minimum absolute atomic E-state index is 0.0843. The predicted octanol–water partition coefficient (Wildman–Crippen LogP) is 3.10. The van der Waals surface area contributed by atoms with Gasteiger partial charge in [-0.05, 0) is 25.0 Å². The number of amides is 2. The van der Waals surface area contributed by atoms with Gasteiger partial charge in [0.1, 0.15) is 0 Å². The lowest BCUT2D eigenvalue weighted by Crippen LogP contribution is -2.36. The topological polar surface area (TPSA) is 45.2 Å². The third kappa shape index (κ3) is 3.81. The summed E-state index contributed by atoms with van der Waals surface area (Å²) < 4.78 is 0. The average molecular weight is 289 g/mol. The highest BCUT2D eigenvalue weighted by Crippen LogP contribution is 2.10. The van der Waals surface area contributed by atoms with Crippen molar-refractivity contribution in [1.82, 2.24) is 15.2 Å². The summed E-state index contributed by atoms with van der Waals surface area (Å²) >= 11 is 1.60. The standard InChI is InChI=1S/C15H19N3OS/c1-11-6-4-5-7-13(11)8-16-15(19)18(3)9-14-10-20-12(2)17-14/h4-7,10H,8-9H2,1-3H3,(H,16,19). The molecule has 0 spiro atoms. The number of nitrogens with zero attached hydrogens (tertiary/aromatic N) is 2. The second-order valence-corrected chi connectivity index (χ2v) is 5.86. The number of aromatic nitrogens is 1. The number of hydrogen-bond donors (Lipinski definition) is 1. The third-order valence-electron chi connectivity index (χ3n) is 3.10. The largest absolute Gasteiger partial charge is 0.334 e. The molecule has 0 aliphatic rings. The summed E-state index contributed by atoms with van der Waals surface area (Å²) in [4.78, 5) is 18.0. The fraction of sp³-hybridized carbons (Fsp3) is 0.333. The molecule has 1 heterocycles. The van der Waals surface area contributed by atoms with Gasteiger partial charge in [-0.25, -0.2) is 9.78 Å². The predicted molar refractivity (Wildman–Crippen MR) is 81.7 cm³/mol. The van der Waals surface area contributed by atoms with E-state index in [0.717, 1.165) is 16.3 Å². The zero-order chi connectivity index (χ0) is 14.5. The van der Waals surface area contributed by atoms with Crippen LogP contribution < -0.4 is 5.32 Å². The zero-order valence-corrected chi connectivity index (χ0v) is 12.8. The molecular formula is C15H19N3OS. The summed E-state index contributed by atoms with van der Waals surface area (Å²) in [5, 5.41) is 5.94. The number of aryl methyl sites for hydroxylation is 2. The summed E-state index contributed by atoms with van der Waals surface area (Å²) in [5.41, 5.74) is 3.25. The quantitative estimate of drug-likeness (QED) is 0.940. The van der Waals surface area contributed by atoms with Gasteiger partial charge in [0.2, 0.25) is 0 Å². The lowest BCUT2D eigenvalue weighted by atomic mass is 10.1. The molecule has 0 atom stereocenters. The highest BCUT2D eigenvalue weighted by molar-refractivity contribution is 7.09. The van der Waals surface area contributed by atoms with Crippen LogP contribution in [0, 0.1) is 13.8 Å². The maximum Gasteiger partial charge on any atom is 0.317 e. The van der Waals surface area contributed by atoms with Crippen LogP contribution >= 0.6 is 11.3 Å². The smallest absolute Gasteiger partial charge is 0.317 e. The first-order valence-electron chi connectivity index (χ1n) is 6.50. The molecule has 1 aromatic heterocycles. The van der Waals surface area contributed by atoms with Crippen molar-refractivity contribution in [3.8, 4) is 0 Å². The van der Waals surface area contributed by atoms with Gasteiger partial charge in [-0.3, -0.25) is 0 Å². The fourth-order valence-corrected chi connectivity index (χ4v) is 2.51. The van der Waals surface area contributed by atoms with Crippen LogP contribution in [0.5, 0.6) is 0 Å². The molecule has 0 saturated carbocycles. The molecule has 2 rings (SSSR count). The third-order valence-corrected chi connectivity index (χ3v) is 3.93. The van der Waals surface area contributed by atoms with Gasteiger partial charge in [0.15, 0.2) is 0 Å². The van der Waals surface area contributed by atoms with Crippen LogP contribution in [0.15, 0.2) is 29.6 Å². The monoisotopic (exact) mass is 289 g/mol. The van der Waals surface area contributed by atoms with Crippen molar-refractivity contribution < 1.29 is 4.79 Å². The highest BCUT2D eigenvalue weighted by Gasteiger charge is 2.10. The van der Waals surface area contributed by atoms with E-state index in [4.69, 9.17) is 0 Å². The van der Waals surface area contributed by atoms with Crippen molar-refractivity contribution in [3.05, 3.63) is 51.5 Å². The van der Waals surface area contributed by atoms with E-state index in [1.165, 1.54) is 5.56 Å². The molecule has 0 saturated heterocycles. The van der Waals surface area contributed by atoms with Crippen molar-refractivity contribution in [2.24, 2.45) is 0 Å². The Balaban J connectivity index is 1.87. The highest BCUT2D eigenvalue weighted by atomic mass is 32.1. The lowest BCUT2D eigenvalue weighted by Gasteiger charge is -2.17. The Morgan fingerprint density at radius 2 is 2.10 bits per heavy atom. The molecule has 0 unspecified atom stereocenters. The maximum atomic E-state index is 12.0. The number of rotatable bonds is 4. The van der Waals surface area contributed by atoms with E-state index in [9.17, 15) is 4.79 Å². The first-order chi connectivity index (χ1) is 9.56. The lowest BCUT2D eigenvalue weighted by molar-refractivity contribution is 0.206. The fourth-order valence-electron chi connectivity index (χ4n) is 1.91. The van der Waals surface area contributed by atoms with E-state index in [1.54, 1.807) is 23.3 Å². The van der Waals surface area contributed by atoms with Gasteiger partial charge in [0.25, 0.3) is 0 Å². The Morgan fingerprint density at radius 3 is 2.75 bits per heavy atom. The van der Waals surface area contributed by atoms with Crippen molar-refractivity contribution in [1.29, 1.82) is 0 Å². The van der Waals surface area contributed by atoms with Crippen LogP contribution in [0.25, 0.3) is 0 Å². The molecule has 0 aliphatic heterocycles. The number of carbonyl (C=O) groups excluding carboxylic acids is 1. The molecule has 2 aromatic rings. The van der Waals surface area contributed by atoms with E-state index in [1.807, 2.05) is 43.5 Å². The van der Waals surface area contributed by atoms with Gasteiger partial charge in [-0.15, -0.1) is 11.3 Å².